The van der Waals surface area contributed by atoms with E-state index in [1.165, 1.54) is 10.7 Å². The first-order chi connectivity index (χ1) is 19.8. The molecule has 4 aromatic rings. The lowest BCUT2D eigenvalue weighted by Gasteiger charge is -2.26. The van der Waals surface area contributed by atoms with Crippen LogP contribution in [0.15, 0.2) is 60.7 Å². The summed E-state index contributed by atoms with van der Waals surface area (Å²) in [6.07, 6.45) is -4.57. The Balaban J connectivity index is 1.29. The van der Waals surface area contributed by atoms with Crippen molar-refractivity contribution < 1.29 is 37.0 Å². The Kier molecular flexibility index (Phi) is 7.00. The molecule has 0 aliphatic carbocycles. The number of hydrogen-bond donors (Lipinski definition) is 1. The Bertz CT molecular complexity index is 1610. The van der Waals surface area contributed by atoms with Gasteiger partial charge in [0.05, 0.1) is 30.8 Å². The second-order valence-corrected chi connectivity index (χ2v) is 9.65. The molecule has 0 saturated carbocycles. The van der Waals surface area contributed by atoms with Gasteiger partial charge in [-0.2, -0.15) is 18.3 Å². The molecule has 0 bridgehead atoms. The minimum absolute atomic E-state index is 0.0253. The molecule has 3 heterocycles. The number of fused-ring (bicyclic) bond motifs is 2. The van der Waals surface area contributed by atoms with Crippen molar-refractivity contribution in [3.63, 3.8) is 0 Å². The van der Waals surface area contributed by atoms with Crippen LogP contribution < -0.4 is 14.8 Å². The number of aromatic nitrogens is 2. The molecule has 0 radical (unpaired) electrons. The quantitative estimate of drug-likeness (QED) is 0.380. The second-order valence-electron chi connectivity index (χ2n) is 9.65. The number of ether oxygens (including phenoxy) is 3. The van der Waals surface area contributed by atoms with Crippen LogP contribution in [-0.2, 0) is 17.5 Å². The highest BCUT2D eigenvalue weighted by molar-refractivity contribution is 6.11. The van der Waals surface area contributed by atoms with Crippen molar-refractivity contribution in [3.05, 3.63) is 83.0 Å². The number of amides is 2. The van der Waals surface area contributed by atoms with Crippen molar-refractivity contribution >= 4 is 28.4 Å². The number of alkyl halides is 3. The van der Waals surface area contributed by atoms with E-state index in [4.69, 9.17) is 14.2 Å². The SMILES string of the molecule is O=C(Nc1ccc2c(c1)OCCO2)c1nn(Cc2ccc(C(=O)N3CCOCC3)cc2)c2cc(C(F)(F)F)ccc12. The van der Waals surface area contributed by atoms with E-state index in [1.54, 1.807) is 47.4 Å². The van der Waals surface area contributed by atoms with Crippen molar-refractivity contribution in [1.29, 1.82) is 0 Å². The molecule has 1 fully saturated rings. The van der Waals surface area contributed by atoms with Gasteiger partial charge in [-0.25, -0.2) is 0 Å². The third kappa shape index (κ3) is 5.55. The Morgan fingerprint density at radius 3 is 2.34 bits per heavy atom. The Hall–Kier alpha value is -4.58. The fraction of sp³-hybridized carbons (Fsp3) is 0.276. The number of nitrogens with zero attached hydrogens (tertiary/aromatic N) is 3. The minimum Gasteiger partial charge on any atom is -0.486 e. The zero-order valence-electron chi connectivity index (χ0n) is 21.7. The predicted molar refractivity (Wildman–Crippen MR) is 142 cm³/mol. The molecule has 212 valence electrons. The molecule has 1 N–H and O–H groups in total. The first kappa shape index (κ1) is 26.6. The second kappa shape index (κ2) is 10.8. The van der Waals surface area contributed by atoms with Crippen LogP contribution in [0.3, 0.4) is 0 Å². The number of carbonyl (C=O) groups excluding carboxylic acids is 2. The van der Waals surface area contributed by atoms with Gasteiger partial charge in [-0.1, -0.05) is 12.1 Å². The Morgan fingerprint density at radius 2 is 1.61 bits per heavy atom. The van der Waals surface area contributed by atoms with Gasteiger partial charge in [0, 0.05) is 35.8 Å². The van der Waals surface area contributed by atoms with Crippen LogP contribution in [0.5, 0.6) is 11.5 Å². The first-order valence-corrected chi connectivity index (χ1v) is 13.0. The van der Waals surface area contributed by atoms with Crippen molar-refractivity contribution in [1.82, 2.24) is 14.7 Å². The van der Waals surface area contributed by atoms with Crippen LogP contribution in [0.2, 0.25) is 0 Å². The molecule has 2 aliphatic rings. The molecule has 9 nitrogen and oxygen atoms in total. The van der Waals surface area contributed by atoms with Gasteiger partial charge in [-0.15, -0.1) is 0 Å². The van der Waals surface area contributed by atoms with Gasteiger partial charge in [0.2, 0.25) is 0 Å². The lowest BCUT2D eigenvalue weighted by molar-refractivity contribution is -0.137. The van der Waals surface area contributed by atoms with E-state index in [0.29, 0.717) is 67.8 Å². The number of nitrogens with one attached hydrogen (secondary N) is 1. The van der Waals surface area contributed by atoms with Gasteiger partial charge in [-0.3, -0.25) is 14.3 Å². The summed E-state index contributed by atoms with van der Waals surface area (Å²) in [6, 6.07) is 14.9. The van der Waals surface area contributed by atoms with Crippen LogP contribution in [0.25, 0.3) is 10.9 Å². The molecule has 0 atom stereocenters. The van der Waals surface area contributed by atoms with E-state index in [2.05, 4.69) is 10.4 Å². The summed E-state index contributed by atoms with van der Waals surface area (Å²) in [5.41, 5.74) is 0.901. The fourth-order valence-electron chi connectivity index (χ4n) is 4.82. The smallest absolute Gasteiger partial charge is 0.416 e. The van der Waals surface area contributed by atoms with Crippen molar-refractivity contribution in [3.8, 4) is 11.5 Å². The molecule has 1 saturated heterocycles. The van der Waals surface area contributed by atoms with Crippen LogP contribution in [0.1, 0.15) is 32.0 Å². The van der Waals surface area contributed by atoms with Gasteiger partial charge in [0.25, 0.3) is 11.8 Å². The molecule has 2 amide bonds. The summed E-state index contributed by atoms with van der Waals surface area (Å²) >= 11 is 0. The maximum atomic E-state index is 13.6. The van der Waals surface area contributed by atoms with E-state index in [9.17, 15) is 22.8 Å². The van der Waals surface area contributed by atoms with Gasteiger partial charge >= 0.3 is 6.18 Å². The maximum absolute atomic E-state index is 13.6. The van der Waals surface area contributed by atoms with E-state index < -0.39 is 17.6 Å². The molecule has 41 heavy (non-hydrogen) atoms. The third-order valence-corrected chi connectivity index (χ3v) is 6.93. The third-order valence-electron chi connectivity index (χ3n) is 6.93. The molecule has 0 unspecified atom stereocenters. The average molecular weight is 567 g/mol. The summed E-state index contributed by atoms with van der Waals surface area (Å²) in [5.74, 6) is 0.338. The molecule has 1 aromatic heterocycles. The van der Waals surface area contributed by atoms with Crippen LogP contribution >= 0.6 is 0 Å². The predicted octanol–water partition coefficient (Wildman–Crippen LogP) is 4.60. The highest BCUT2D eigenvalue weighted by Crippen LogP contribution is 2.34. The fourth-order valence-corrected chi connectivity index (χ4v) is 4.82. The van der Waals surface area contributed by atoms with Gasteiger partial charge in [0.1, 0.15) is 13.2 Å². The summed E-state index contributed by atoms with van der Waals surface area (Å²) in [4.78, 5) is 27.8. The van der Waals surface area contributed by atoms with Gasteiger partial charge in [0.15, 0.2) is 17.2 Å². The number of rotatable bonds is 5. The van der Waals surface area contributed by atoms with Crippen molar-refractivity contribution in [2.24, 2.45) is 0 Å². The molecule has 3 aromatic carbocycles. The number of hydrogen-bond acceptors (Lipinski definition) is 6. The average Bonchev–Trinajstić information content (AvgIpc) is 3.35. The molecular weight excluding hydrogens is 541 g/mol. The first-order valence-electron chi connectivity index (χ1n) is 13.0. The molecule has 2 aliphatic heterocycles. The minimum atomic E-state index is -4.57. The van der Waals surface area contributed by atoms with E-state index >= 15 is 0 Å². The number of benzene rings is 3. The number of halogens is 3. The topological polar surface area (TPSA) is 94.9 Å². The van der Waals surface area contributed by atoms with Crippen LogP contribution in [0.4, 0.5) is 18.9 Å². The Morgan fingerprint density at radius 1 is 0.878 bits per heavy atom. The van der Waals surface area contributed by atoms with Crippen molar-refractivity contribution in [2.45, 2.75) is 12.7 Å². The number of anilines is 1. The number of morpholine rings is 1. The Labute approximate surface area is 232 Å². The van der Waals surface area contributed by atoms with Gasteiger partial charge < -0.3 is 24.4 Å². The lowest BCUT2D eigenvalue weighted by atomic mass is 10.1. The normalized spacial score (nSPS) is 15.1. The summed E-state index contributed by atoms with van der Waals surface area (Å²) in [6.45, 7) is 2.89. The summed E-state index contributed by atoms with van der Waals surface area (Å²) in [5, 5.41) is 7.44. The lowest BCUT2D eigenvalue weighted by Crippen LogP contribution is -2.40. The summed E-state index contributed by atoms with van der Waals surface area (Å²) in [7, 11) is 0. The highest BCUT2D eigenvalue weighted by atomic mass is 19.4. The van der Waals surface area contributed by atoms with Crippen LogP contribution in [-0.4, -0.2) is 66.0 Å². The zero-order chi connectivity index (χ0) is 28.6. The van der Waals surface area contributed by atoms with E-state index in [-0.39, 0.29) is 29.0 Å². The van der Waals surface area contributed by atoms with Gasteiger partial charge in [-0.05, 0) is 48.0 Å². The summed E-state index contributed by atoms with van der Waals surface area (Å²) < 4.78 is 58.4. The standard InChI is InChI=1S/C29H25F3N4O5/c30-29(31,32)20-5-7-22-23(15-20)36(17-18-1-3-19(4-2-18)28(38)35-9-11-39-12-10-35)34-26(22)27(37)33-21-6-8-24-25(16-21)41-14-13-40-24/h1-8,15-16H,9-14,17H2,(H,33,37). The highest BCUT2D eigenvalue weighted by Gasteiger charge is 2.32. The van der Waals surface area contributed by atoms with Crippen molar-refractivity contribution in [2.75, 3.05) is 44.8 Å². The molecule has 6 rings (SSSR count). The molecule has 0 spiro atoms. The van der Waals surface area contributed by atoms with E-state index in [1.807, 2.05) is 0 Å². The number of carbonyl (C=O) groups is 2. The molecular formula is C29H25F3N4O5. The molecule has 12 heteroatoms. The zero-order valence-corrected chi connectivity index (χ0v) is 21.7. The largest absolute Gasteiger partial charge is 0.486 e. The van der Waals surface area contributed by atoms with Crippen LogP contribution in [0, 0.1) is 0 Å². The monoisotopic (exact) mass is 566 g/mol. The maximum Gasteiger partial charge on any atom is 0.416 e. The van der Waals surface area contributed by atoms with E-state index in [0.717, 1.165) is 12.1 Å².